The minimum Gasteiger partial charge on any atom is -0.376 e. The summed E-state index contributed by atoms with van der Waals surface area (Å²) in [5.41, 5.74) is -0.282. The molecule has 1 N–H and O–H groups in total. The molecule has 0 saturated heterocycles. The van der Waals surface area contributed by atoms with Crippen molar-refractivity contribution in [2.45, 2.75) is 25.6 Å². The summed E-state index contributed by atoms with van der Waals surface area (Å²) in [6.45, 7) is 2.02. The third kappa shape index (κ3) is 3.47. The number of rotatable bonds is 4. The molecular weight excluding hydrogens is 273 g/mol. The Kier molecular flexibility index (Phi) is 4.09. The van der Waals surface area contributed by atoms with E-state index in [4.69, 9.17) is 0 Å². The van der Waals surface area contributed by atoms with Gasteiger partial charge in [0.2, 0.25) is 0 Å². The number of alkyl halides is 3. The smallest absolute Gasteiger partial charge is 0.376 e. The lowest BCUT2D eigenvalue weighted by Gasteiger charge is -2.17. The Balaban J connectivity index is 2.11. The molecule has 2 nitrogen and oxygen atoms in total. The van der Waals surface area contributed by atoms with Gasteiger partial charge in [-0.3, -0.25) is 0 Å². The van der Waals surface area contributed by atoms with Crippen molar-refractivity contribution < 1.29 is 13.2 Å². The summed E-state index contributed by atoms with van der Waals surface area (Å²) in [6, 6.07) is 6.45. The maximum absolute atomic E-state index is 12.4. The molecule has 1 unspecified atom stereocenters. The first-order chi connectivity index (χ1) is 9.00. The van der Waals surface area contributed by atoms with Gasteiger partial charge in [-0.05, 0) is 30.0 Å². The number of thiophene rings is 1. The zero-order valence-electron chi connectivity index (χ0n) is 10.2. The van der Waals surface area contributed by atoms with Crippen LogP contribution in [-0.2, 0) is 6.18 Å². The lowest BCUT2D eigenvalue weighted by molar-refractivity contribution is -0.141. The molecule has 0 radical (unpaired) electrons. The van der Waals surface area contributed by atoms with Crippen LogP contribution in [-0.4, -0.2) is 4.98 Å². The van der Waals surface area contributed by atoms with E-state index in [1.807, 2.05) is 24.4 Å². The van der Waals surface area contributed by atoms with E-state index in [1.54, 1.807) is 11.3 Å². The average Bonchev–Trinajstić information content (AvgIpc) is 2.89. The van der Waals surface area contributed by atoms with Gasteiger partial charge in [-0.15, -0.1) is 11.3 Å². The maximum Gasteiger partial charge on any atom is 0.433 e. The normalized spacial score (nSPS) is 13.3. The molecule has 0 bridgehead atoms. The zero-order valence-corrected chi connectivity index (χ0v) is 11.1. The molecule has 2 heterocycles. The van der Waals surface area contributed by atoms with Crippen molar-refractivity contribution in [2.75, 3.05) is 5.32 Å². The van der Waals surface area contributed by atoms with Crippen LogP contribution in [0.3, 0.4) is 0 Å². The Morgan fingerprint density at radius 3 is 2.58 bits per heavy atom. The fraction of sp³-hybridized carbons (Fsp3) is 0.308. The first-order valence-corrected chi connectivity index (χ1v) is 6.72. The Morgan fingerprint density at radius 2 is 2.11 bits per heavy atom. The van der Waals surface area contributed by atoms with Crippen molar-refractivity contribution in [3.05, 3.63) is 46.4 Å². The second-order valence-electron chi connectivity index (χ2n) is 4.05. The van der Waals surface area contributed by atoms with Crippen LogP contribution in [0.2, 0.25) is 0 Å². The molecule has 19 heavy (non-hydrogen) atoms. The van der Waals surface area contributed by atoms with Gasteiger partial charge in [0, 0.05) is 4.88 Å². The quantitative estimate of drug-likeness (QED) is 0.879. The van der Waals surface area contributed by atoms with Gasteiger partial charge in [-0.2, -0.15) is 13.2 Å². The molecule has 0 aliphatic rings. The van der Waals surface area contributed by atoms with Crippen LogP contribution >= 0.6 is 11.3 Å². The molecule has 0 aliphatic heterocycles. The van der Waals surface area contributed by atoms with Crippen LogP contribution in [0.1, 0.15) is 30.0 Å². The van der Waals surface area contributed by atoms with Crippen molar-refractivity contribution in [1.29, 1.82) is 0 Å². The lowest BCUT2D eigenvalue weighted by atomic mass is 10.2. The van der Waals surface area contributed by atoms with Crippen LogP contribution in [0.15, 0.2) is 35.8 Å². The third-order valence-corrected chi connectivity index (χ3v) is 3.68. The van der Waals surface area contributed by atoms with Gasteiger partial charge in [0.1, 0.15) is 5.69 Å². The molecule has 2 aromatic rings. The number of hydrogen-bond acceptors (Lipinski definition) is 3. The highest BCUT2D eigenvalue weighted by Gasteiger charge is 2.32. The summed E-state index contributed by atoms with van der Waals surface area (Å²) in [6.07, 6.45) is -2.32. The predicted molar refractivity (Wildman–Crippen MR) is 70.2 cm³/mol. The molecule has 2 aromatic heterocycles. The summed E-state index contributed by atoms with van der Waals surface area (Å²) < 4.78 is 37.2. The van der Waals surface area contributed by atoms with E-state index in [2.05, 4.69) is 10.3 Å². The monoisotopic (exact) mass is 286 g/mol. The molecule has 102 valence electrons. The molecule has 2 rings (SSSR count). The van der Waals surface area contributed by atoms with Crippen LogP contribution < -0.4 is 5.32 Å². The zero-order chi connectivity index (χ0) is 13.9. The number of hydrogen-bond donors (Lipinski definition) is 1. The number of anilines is 1. The Bertz CT molecular complexity index is 506. The van der Waals surface area contributed by atoms with Crippen LogP contribution in [0.25, 0.3) is 0 Å². The molecule has 0 aliphatic carbocycles. The molecule has 1 atom stereocenters. The highest BCUT2D eigenvalue weighted by atomic mass is 32.1. The third-order valence-electron chi connectivity index (χ3n) is 2.69. The number of pyridine rings is 1. The molecule has 0 fully saturated rings. The maximum atomic E-state index is 12.4. The average molecular weight is 286 g/mol. The second kappa shape index (κ2) is 5.61. The van der Waals surface area contributed by atoms with E-state index >= 15 is 0 Å². The van der Waals surface area contributed by atoms with Gasteiger partial charge in [0.05, 0.1) is 17.9 Å². The van der Waals surface area contributed by atoms with E-state index in [0.717, 1.165) is 17.4 Å². The minimum atomic E-state index is -4.39. The Hall–Kier alpha value is -1.56. The number of nitrogens with zero attached hydrogens (tertiary/aromatic N) is 1. The topological polar surface area (TPSA) is 24.9 Å². The number of nitrogens with one attached hydrogen (secondary N) is 1. The van der Waals surface area contributed by atoms with Gasteiger partial charge in [0.25, 0.3) is 0 Å². The number of halogens is 3. The van der Waals surface area contributed by atoms with Gasteiger partial charge < -0.3 is 5.32 Å². The summed E-state index contributed by atoms with van der Waals surface area (Å²) in [5.74, 6) is 0. The number of aromatic nitrogens is 1. The Morgan fingerprint density at radius 1 is 1.32 bits per heavy atom. The van der Waals surface area contributed by atoms with Crippen molar-refractivity contribution >= 4 is 17.0 Å². The highest BCUT2D eigenvalue weighted by molar-refractivity contribution is 7.10. The van der Waals surface area contributed by atoms with Gasteiger partial charge in [-0.1, -0.05) is 13.0 Å². The fourth-order valence-corrected chi connectivity index (χ4v) is 2.57. The summed E-state index contributed by atoms with van der Waals surface area (Å²) >= 11 is 1.62. The van der Waals surface area contributed by atoms with E-state index in [0.29, 0.717) is 5.69 Å². The summed E-state index contributed by atoms with van der Waals surface area (Å²) in [4.78, 5) is 4.59. The standard InChI is InChI=1S/C13H13F3N2S/c1-2-10(11-4-3-7-19-11)18-9-5-6-12(17-8-9)13(14,15)16/h3-8,10,18H,2H2,1H3. The molecule has 6 heteroatoms. The van der Waals surface area contributed by atoms with E-state index in [-0.39, 0.29) is 6.04 Å². The predicted octanol–water partition coefficient (Wildman–Crippen LogP) is 4.73. The van der Waals surface area contributed by atoms with Crippen molar-refractivity contribution in [3.63, 3.8) is 0 Å². The van der Waals surface area contributed by atoms with E-state index in [9.17, 15) is 13.2 Å². The largest absolute Gasteiger partial charge is 0.433 e. The van der Waals surface area contributed by atoms with E-state index in [1.165, 1.54) is 12.3 Å². The summed E-state index contributed by atoms with van der Waals surface area (Å²) in [5, 5.41) is 5.17. The van der Waals surface area contributed by atoms with Crippen LogP contribution in [0.5, 0.6) is 0 Å². The van der Waals surface area contributed by atoms with Crippen molar-refractivity contribution in [2.24, 2.45) is 0 Å². The van der Waals surface area contributed by atoms with Crippen LogP contribution in [0, 0.1) is 0 Å². The van der Waals surface area contributed by atoms with Gasteiger partial charge in [0.15, 0.2) is 0 Å². The molecule has 0 spiro atoms. The van der Waals surface area contributed by atoms with Gasteiger partial charge >= 0.3 is 6.18 Å². The van der Waals surface area contributed by atoms with Crippen molar-refractivity contribution in [1.82, 2.24) is 4.98 Å². The second-order valence-corrected chi connectivity index (χ2v) is 5.03. The SMILES string of the molecule is CCC(Nc1ccc(C(F)(F)F)nc1)c1cccs1. The highest BCUT2D eigenvalue weighted by Crippen LogP contribution is 2.29. The molecule has 0 amide bonds. The van der Waals surface area contributed by atoms with Crippen molar-refractivity contribution in [3.8, 4) is 0 Å². The first kappa shape index (κ1) is 13.9. The molecule has 0 aromatic carbocycles. The first-order valence-electron chi connectivity index (χ1n) is 5.84. The lowest BCUT2D eigenvalue weighted by Crippen LogP contribution is -2.10. The Labute approximate surface area is 113 Å². The fourth-order valence-electron chi connectivity index (χ4n) is 1.71. The molecule has 0 saturated carbocycles. The molecular formula is C13H13F3N2S. The van der Waals surface area contributed by atoms with E-state index < -0.39 is 11.9 Å². The minimum absolute atomic E-state index is 0.0959. The summed E-state index contributed by atoms with van der Waals surface area (Å²) in [7, 11) is 0. The van der Waals surface area contributed by atoms with Crippen LogP contribution in [0.4, 0.5) is 18.9 Å². The van der Waals surface area contributed by atoms with Gasteiger partial charge in [-0.25, -0.2) is 4.98 Å².